The molecule has 16 heavy (non-hydrogen) atoms. The van der Waals surface area contributed by atoms with Gasteiger partial charge in [0.1, 0.15) is 5.41 Å². The SMILES string of the molecule is NC(=NO)C1(C(=O)NCC2CCCS2)CC1. The molecule has 5 nitrogen and oxygen atoms in total. The Bertz CT molecular complexity index is 309. The molecule has 2 fully saturated rings. The Morgan fingerprint density at radius 2 is 2.38 bits per heavy atom. The molecule has 0 aromatic carbocycles. The lowest BCUT2D eigenvalue weighted by Crippen LogP contribution is -2.42. The summed E-state index contributed by atoms with van der Waals surface area (Å²) in [7, 11) is 0. The highest BCUT2D eigenvalue weighted by Gasteiger charge is 2.54. The second kappa shape index (κ2) is 4.53. The number of carbonyl (C=O) groups excluding carboxylic acids is 1. The molecule has 0 aromatic rings. The predicted octanol–water partition coefficient (Wildman–Crippen LogP) is 0.525. The van der Waals surface area contributed by atoms with Crippen molar-refractivity contribution >= 4 is 23.5 Å². The van der Waals surface area contributed by atoms with Crippen molar-refractivity contribution in [3.8, 4) is 0 Å². The Labute approximate surface area is 98.8 Å². The van der Waals surface area contributed by atoms with Gasteiger partial charge in [-0.1, -0.05) is 5.16 Å². The zero-order valence-electron chi connectivity index (χ0n) is 9.11. The van der Waals surface area contributed by atoms with Gasteiger partial charge in [-0.25, -0.2) is 0 Å². The Balaban J connectivity index is 1.83. The van der Waals surface area contributed by atoms with Gasteiger partial charge in [0, 0.05) is 11.8 Å². The molecule has 2 aliphatic rings. The highest BCUT2D eigenvalue weighted by atomic mass is 32.2. The minimum absolute atomic E-state index is 0.0454. The molecule has 0 radical (unpaired) electrons. The maximum absolute atomic E-state index is 11.9. The van der Waals surface area contributed by atoms with Gasteiger partial charge in [0.2, 0.25) is 5.91 Å². The summed E-state index contributed by atoms with van der Waals surface area (Å²) in [5.41, 5.74) is 4.82. The molecule has 4 N–H and O–H groups in total. The monoisotopic (exact) mass is 243 g/mol. The van der Waals surface area contributed by atoms with Crippen molar-refractivity contribution in [3.63, 3.8) is 0 Å². The number of hydrogen-bond donors (Lipinski definition) is 3. The van der Waals surface area contributed by atoms with Crippen molar-refractivity contribution in [2.24, 2.45) is 16.3 Å². The van der Waals surface area contributed by atoms with E-state index in [1.54, 1.807) is 0 Å². The number of nitrogens with zero attached hydrogens (tertiary/aromatic N) is 1. The van der Waals surface area contributed by atoms with Crippen LogP contribution in [0.3, 0.4) is 0 Å². The van der Waals surface area contributed by atoms with Crippen LogP contribution in [-0.4, -0.2) is 34.5 Å². The lowest BCUT2D eigenvalue weighted by Gasteiger charge is -2.15. The van der Waals surface area contributed by atoms with E-state index in [0.717, 1.165) is 0 Å². The van der Waals surface area contributed by atoms with Gasteiger partial charge in [-0.2, -0.15) is 11.8 Å². The molecule has 1 saturated heterocycles. The van der Waals surface area contributed by atoms with E-state index in [4.69, 9.17) is 10.9 Å². The molecule has 1 saturated carbocycles. The largest absolute Gasteiger partial charge is 0.409 e. The van der Waals surface area contributed by atoms with Gasteiger partial charge < -0.3 is 16.3 Å². The molecule has 1 aliphatic heterocycles. The summed E-state index contributed by atoms with van der Waals surface area (Å²) in [5, 5.41) is 15.0. The van der Waals surface area contributed by atoms with Crippen LogP contribution < -0.4 is 11.1 Å². The van der Waals surface area contributed by atoms with E-state index in [1.807, 2.05) is 11.8 Å². The summed E-state index contributed by atoms with van der Waals surface area (Å²) in [4.78, 5) is 11.9. The van der Waals surface area contributed by atoms with Crippen molar-refractivity contribution < 1.29 is 10.0 Å². The Morgan fingerprint density at radius 1 is 1.62 bits per heavy atom. The molecule has 2 rings (SSSR count). The molecule has 1 atom stereocenters. The van der Waals surface area contributed by atoms with Crippen molar-refractivity contribution in [2.75, 3.05) is 12.3 Å². The zero-order chi connectivity index (χ0) is 11.6. The van der Waals surface area contributed by atoms with Crippen LogP contribution in [-0.2, 0) is 4.79 Å². The summed E-state index contributed by atoms with van der Waals surface area (Å²) >= 11 is 1.90. The summed E-state index contributed by atoms with van der Waals surface area (Å²) in [6.07, 6.45) is 3.77. The maximum atomic E-state index is 11.9. The van der Waals surface area contributed by atoms with Gasteiger partial charge in [-0.05, 0) is 31.4 Å². The summed E-state index contributed by atoms with van der Waals surface area (Å²) in [5.74, 6) is 1.14. The molecule has 1 unspecified atom stereocenters. The predicted molar refractivity (Wildman–Crippen MR) is 63.6 cm³/mol. The third kappa shape index (κ3) is 2.11. The van der Waals surface area contributed by atoms with Crippen LogP contribution in [0.5, 0.6) is 0 Å². The molecular formula is C10H17N3O2S. The molecule has 6 heteroatoms. The maximum Gasteiger partial charge on any atom is 0.233 e. The number of hydrogen-bond acceptors (Lipinski definition) is 4. The van der Waals surface area contributed by atoms with Gasteiger partial charge in [-0.15, -0.1) is 0 Å². The van der Waals surface area contributed by atoms with Gasteiger partial charge in [0.25, 0.3) is 0 Å². The molecule has 0 spiro atoms. The molecule has 90 valence electrons. The number of nitrogens with two attached hydrogens (primary N) is 1. The molecule has 0 bridgehead atoms. The van der Waals surface area contributed by atoms with Crippen LogP contribution in [0, 0.1) is 5.41 Å². The van der Waals surface area contributed by atoms with Crippen LogP contribution in [0.15, 0.2) is 5.16 Å². The number of carbonyl (C=O) groups is 1. The first-order valence-electron chi connectivity index (χ1n) is 5.57. The zero-order valence-corrected chi connectivity index (χ0v) is 9.92. The molecule has 1 aliphatic carbocycles. The van der Waals surface area contributed by atoms with E-state index >= 15 is 0 Å². The summed E-state index contributed by atoms with van der Waals surface area (Å²) < 4.78 is 0. The Kier molecular flexibility index (Phi) is 3.28. The Morgan fingerprint density at radius 3 is 2.88 bits per heavy atom. The first kappa shape index (κ1) is 11.6. The van der Waals surface area contributed by atoms with Gasteiger partial charge in [0.15, 0.2) is 5.84 Å². The van der Waals surface area contributed by atoms with E-state index < -0.39 is 5.41 Å². The smallest absolute Gasteiger partial charge is 0.233 e. The fraction of sp³-hybridized carbons (Fsp3) is 0.800. The summed E-state index contributed by atoms with van der Waals surface area (Å²) in [6.45, 7) is 0.698. The van der Waals surface area contributed by atoms with Crippen LogP contribution in [0.25, 0.3) is 0 Å². The average Bonchev–Trinajstić information content (AvgIpc) is 2.95. The van der Waals surface area contributed by atoms with Crippen molar-refractivity contribution in [2.45, 2.75) is 30.9 Å². The van der Waals surface area contributed by atoms with Crippen molar-refractivity contribution in [1.29, 1.82) is 0 Å². The van der Waals surface area contributed by atoms with Crippen molar-refractivity contribution in [3.05, 3.63) is 0 Å². The number of amidine groups is 1. The van der Waals surface area contributed by atoms with E-state index in [0.29, 0.717) is 24.6 Å². The number of nitrogens with one attached hydrogen (secondary N) is 1. The fourth-order valence-electron chi connectivity index (χ4n) is 2.00. The number of oxime groups is 1. The highest BCUT2D eigenvalue weighted by Crippen LogP contribution is 2.46. The van der Waals surface area contributed by atoms with Gasteiger partial charge in [0.05, 0.1) is 0 Å². The third-order valence-electron chi connectivity index (χ3n) is 3.30. The van der Waals surface area contributed by atoms with Crippen LogP contribution >= 0.6 is 11.8 Å². The minimum atomic E-state index is -0.710. The normalized spacial score (nSPS) is 27.8. The molecule has 0 aromatic heterocycles. The van der Waals surface area contributed by atoms with Crippen LogP contribution in [0.2, 0.25) is 0 Å². The van der Waals surface area contributed by atoms with E-state index in [2.05, 4.69) is 10.5 Å². The average molecular weight is 243 g/mol. The number of amides is 1. The van der Waals surface area contributed by atoms with Crippen LogP contribution in [0.1, 0.15) is 25.7 Å². The van der Waals surface area contributed by atoms with Gasteiger partial charge >= 0.3 is 0 Å². The third-order valence-corrected chi connectivity index (χ3v) is 4.70. The van der Waals surface area contributed by atoms with Crippen molar-refractivity contribution in [1.82, 2.24) is 5.32 Å². The van der Waals surface area contributed by atoms with Crippen LogP contribution in [0.4, 0.5) is 0 Å². The second-order valence-electron chi connectivity index (χ2n) is 4.41. The summed E-state index contributed by atoms with van der Waals surface area (Å²) in [6, 6.07) is 0. The molecule has 1 heterocycles. The van der Waals surface area contributed by atoms with E-state index in [9.17, 15) is 4.79 Å². The lowest BCUT2D eigenvalue weighted by molar-refractivity contribution is -0.124. The fourth-order valence-corrected chi connectivity index (χ4v) is 3.20. The second-order valence-corrected chi connectivity index (χ2v) is 5.82. The molecule has 1 amide bonds. The first-order chi connectivity index (χ1) is 7.69. The quantitative estimate of drug-likeness (QED) is 0.291. The topological polar surface area (TPSA) is 87.7 Å². The molecular weight excluding hydrogens is 226 g/mol. The van der Waals surface area contributed by atoms with Gasteiger partial charge in [-0.3, -0.25) is 4.79 Å². The standard InChI is InChI=1S/C10H17N3O2S/c11-8(13-15)10(3-4-10)9(14)12-6-7-2-1-5-16-7/h7,15H,1-6H2,(H2,11,13)(H,12,14). The minimum Gasteiger partial charge on any atom is -0.409 e. The number of rotatable bonds is 4. The first-order valence-corrected chi connectivity index (χ1v) is 6.62. The lowest BCUT2D eigenvalue weighted by atomic mass is 10.1. The van der Waals surface area contributed by atoms with E-state index in [-0.39, 0.29) is 11.7 Å². The number of thioether (sulfide) groups is 1. The highest BCUT2D eigenvalue weighted by molar-refractivity contribution is 8.00. The Hall–Kier alpha value is -0.910. The van der Waals surface area contributed by atoms with E-state index in [1.165, 1.54) is 18.6 Å².